The lowest BCUT2D eigenvalue weighted by Crippen LogP contribution is -2.31. The van der Waals surface area contributed by atoms with Gasteiger partial charge in [-0.3, -0.25) is 15.1 Å². The number of pyridine rings is 1. The molecular weight excluding hydrogens is 384 g/mol. The molecule has 0 spiro atoms. The van der Waals surface area contributed by atoms with E-state index in [0.717, 1.165) is 24.6 Å². The van der Waals surface area contributed by atoms with Gasteiger partial charge in [-0.05, 0) is 31.0 Å². The normalized spacial score (nSPS) is 16.0. The van der Waals surface area contributed by atoms with Crippen molar-refractivity contribution in [2.75, 3.05) is 25.0 Å². The van der Waals surface area contributed by atoms with Crippen molar-refractivity contribution in [3.05, 3.63) is 58.4 Å². The lowest BCUT2D eigenvalue weighted by molar-refractivity contribution is -0.385. The van der Waals surface area contributed by atoms with Gasteiger partial charge in [0, 0.05) is 43.5 Å². The van der Waals surface area contributed by atoms with Gasteiger partial charge in [-0.1, -0.05) is 6.07 Å². The number of nitro benzene ring substituents is 1. The fourth-order valence-electron chi connectivity index (χ4n) is 3.18. The number of anilines is 1. The Labute approximate surface area is 163 Å². The zero-order valence-electron chi connectivity index (χ0n) is 15.2. The first-order valence-electron chi connectivity index (χ1n) is 8.97. The van der Waals surface area contributed by atoms with Gasteiger partial charge >= 0.3 is 0 Å². The summed E-state index contributed by atoms with van der Waals surface area (Å²) in [5.41, 5.74) is 0.668. The Morgan fingerprint density at radius 3 is 2.61 bits per heavy atom. The molecule has 9 nitrogen and oxygen atoms in total. The number of hydrogen-bond acceptors (Lipinski definition) is 7. The second-order valence-electron chi connectivity index (χ2n) is 6.60. The molecule has 0 amide bonds. The van der Waals surface area contributed by atoms with Gasteiger partial charge < -0.3 is 10.4 Å². The zero-order chi connectivity index (χ0) is 20.1. The van der Waals surface area contributed by atoms with Crippen LogP contribution in [0.1, 0.15) is 18.5 Å². The van der Waals surface area contributed by atoms with Gasteiger partial charge in [0.25, 0.3) is 5.69 Å². The number of nitrogens with zero attached hydrogens (tertiary/aromatic N) is 3. The first-order chi connectivity index (χ1) is 13.4. The second-order valence-corrected chi connectivity index (χ2v) is 8.50. The summed E-state index contributed by atoms with van der Waals surface area (Å²) in [6, 6.07) is 8.62. The smallest absolute Gasteiger partial charge is 0.270 e. The van der Waals surface area contributed by atoms with Gasteiger partial charge in [-0.25, -0.2) is 8.42 Å². The number of nitrogens with one attached hydrogen (secondary N) is 1. The monoisotopic (exact) mass is 406 g/mol. The van der Waals surface area contributed by atoms with Crippen LogP contribution in [0.25, 0.3) is 0 Å². The Balaban J connectivity index is 1.94. The van der Waals surface area contributed by atoms with Crippen LogP contribution in [0.2, 0.25) is 0 Å². The van der Waals surface area contributed by atoms with Crippen LogP contribution in [0.15, 0.2) is 47.5 Å². The highest BCUT2D eigenvalue weighted by Crippen LogP contribution is 2.31. The van der Waals surface area contributed by atoms with E-state index in [-0.39, 0.29) is 22.9 Å². The van der Waals surface area contributed by atoms with Crippen molar-refractivity contribution < 1.29 is 18.4 Å². The highest BCUT2D eigenvalue weighted by Gasteiger charge is 2.31. The number of benzene rings is 1. The molecule has 1 unspecified atom stereocenters. The Morgan fingerprint density at radius 1 is 1.25 bits per heavy atom. The van der Waals surface area contributed by atoms with Crippen LogP contribution >= 0.6 is 0 Å². The SMILES string of the molecule is O=[N+]([O-])c1ccc(NC(CO)Cc2ccccn2)c(S(=O)(=O)N2CCCC2)c1. The fourth-order valence-corrected chi connectivity index (χ4v) is 4.87. The molecule has 0 bridgehead atoms. The molecule has 1 atom stereocenters. The Kier molecular flexibility index (Phi) is 6.22. The summed E-state index contributed by atoms with van der Waals surface area (Å²) in [5.74, 6) is 0. The van der Waals surface area contributed by atoms with E-state index in [1.807, 2.05) is 12.1 Å². The van der Waals surface area contributed by atoms with Gasteiger partial charge in [-0.2, -0.15) is 4.31 Å². The first-order valence-corrected chi connectivity index (χ1v) is 10.4. The minimum absolute atomic E-state index is 0.150. The largest absolute Gasteiger partial charge is 0.394 e. The van der Waals surface area contributed by atoms with E-state index in [4.69, 9.17) is 0 Å². The maximum atomic E-state index is 13.0. The number of non-ortho nitro benzene ring substituents is 1. The van der Waals surface area contributed by atoms with E-state index in [1.165, 1.54) is 16.4 Å². The quantitative estimate of drug-likeness (QED) is 0.505. The first kappa shape index (κ1) is 20.2. The molecule has 2 aromatic rings. The van der Waals surface area contributed by atoms with E-state index < -0.39 is 21.0 Å². The molecule has 0 aliphatic carbocycles. The lowest BCUT2D eigenvalue weighted by atomic mass is 10.1. The highest BCUT2D eigenvalue weighted by atomic mass is 32.2. The third-order valence-electron chi connectivity index (χ3n) is 4.62. The Morgan fingerprint density at radius 2 is 2.00 bits per heavy atom. The number of aliphatic hydroxyl groups is 1. The molecule has 2 heterocycles. The molecule has 1 saturated heterocycles. The number of hydrogen-bond donors (Lipinski definition) is 2. The van der Waals surface area contributed by atoms with Gasteiger partial charge in [0.05, 0.1) is 23.3 Å². The van der Waals surface area contributed by atoms with E-state index in [0.29, 0.717) is 19.5 Å². The van der Waals surface area contributed by atoms with Crippen LogP contribution in [0.3, 0.4) is 0 Å². The van der Waals surface area contributed by atoms with Crippen LogP contribution in [0.4, 0.5) is 11.4 Å². The van der Waals surface area contributed by atoms with Gasteiger partial charge in [0.1, 0.15) is 4.90 Å². The molecule has 3 rings (SSSR count). The van der Waals surface area contributed by atoms with Crippen molar-refractivity contribution in [1.29, 1.82) is 0 Å². The zero-order valence-corrected chi connectivity index (χ0v) is 16.0. The van der Waals surface area contributed by atoms with Crippen molar-refractivity contribution in [3.63, 3.8) is 0 Å². The van der Waals surface area contributed by atoms with Gasteiger partial charge in [0.15, 0.2) is 0 Å². The van der Waals surface area contributed by atoms with Crippen molar-refractivity contribution in [2.45, 2.75) is 30.2 Å². The fraction of sp³-hybridized carbons (Fsp3) is 0.389. The Bertz CT molecular complexity index is 930. The summed E-state index contributed by atoms with van der Waals surface area (Å²) in [7, 11) is -3.88. The maximum Gasteiger partial charge on any atom is 0.270 e. The molecule has 1 aromatic carbocycles. The van der Waals surface area contributed by atoms with Gasteiger partial charge in [0.2, 0.25) is 10.0 Å². The number of nitro groups is 1. The molecule has 28 heavy (non-hydrogen) atoms. The number of rotatable bonds is 8. The number of aliphatic hydroxyl groups excluding tert-OH is 1. The molecular formula is C18H22N4O5S. The maximum absolute atomic E-state index is 13.0. The van der Waals surface area contributed by atoms with E-state index in [9.17, 15) is 23.6 Å². The molecule has 0 saturated carbocycles. The molecule has 1 fully saturated rings. The van der Waals surface area contributed by atoms with Crippen LogP contribution in [-0.4, -0.2) is 53.5 Å². The van der Waals surface area contributed by atoms with Crippen LogP contribution in [-0.2, 0) is 16.4 Å². The topological polar surface area (TPSA) is 126 Å². The van der Waals surface area contributed by atoms with Crippen LogP contribution < -0.4 is 5.32 Å². The van der Waals surface area contributed by atoms with Crippen molar-refractivity contribution in [1.82, 2.24) is 9.29 Å². The minimum Gasteiger partial charge on any atom is -0.394 e. The summed E-state index contributed by atoms with van der Waals surface area (Å²) < 4.78 is 27.4. The van der Waals surface area contributed by atoms with Crippen molar-refractivity contribution in [3.8, 4) is 0 Å². The minimum atomic E-state index is -3.88. The van der Waals surface area contributed by atoms with Crippen LogP contribution in [0, 0.1) is 10.1 Å². The summed E-state index contributed by atoms with van der Waals surface area (Å²) >= 11 is 0. The predicted octanol–water partition coefficient (Wildman–Crippen LogP) is 1.79. The van der Waals surface area contributed by atoms with E-state index >= 15 is 0 Å². The lowest BCUT2D eigenvalue weighted by Gasteiger charge is -2.22. The molecule has 1 aliphatic rings. The third kappa shape index (κ3) is 4.46. The molecule has 1 aliphatic heterocycles. The predicted molar refractivity (Wildman–Crippen MR) is 104 cm³/mol. The molecule has 10 heteroatoms. The average Bonchev–Trinajstić information content (AvgIpc) is 3.24. The summed E-state index contributed by atoms with van der Waals surface area (Å²) in [6.45, 7) is 0.528. The van der Waals surface area contributed by atoms with Crippen molar-refractivity contribution in [2.24, 2.45) is 0 Å². The van der Waals surface area contributed by atoms with Crippen molar-refractivity contribution >= 4 is 21.4 Å². The summed E-state index contributed by atoms with van der Waals surface area (Å²) in [5, 5.41) is 23.9. The molecule has 1 aromatic heterocycles. The summed E-state index contributed by atoms with van der Waals surface area (Å²) in [4.78, 5) is 14.6. The molecule has 2 N–H and O–H groups in total. The summed E-state index contributed by atoms with van der Waals surface area (Å²) in [6.07, 6.45) is 3.53. The molecule has 150 valence electrons. The Hall–Kier alpha value is -2.56. The number of sulfonamides is 1. The highest BCUT2D eigenvalue weighted by molar-refractivity contribution is 7.89. The van der Waals surface area contributed by atoms with Crippen LogP contribution in [0.5, 0.6) is 0 Å². The van der Waals surface area contributed by atoms with Gasteiger partial charge in [-0.15, -0.1) is 0 Å². The number of aromatic nitrogens is 1. The molecule has 0 radical (unpaired) electrons. The third-order valence-corrected chi connectivity index (χ3v) is 6.56. The second kappa shape index (κ2) is 8.63. The average molecular weight is 406 g/mol. The standard InChI is InChI=1S/C18H22N4O5S/c23-13-15(11-14-5-1-2-8-19-14)20-17-7-6-16(22(24)25)12-18(17)28(26,27)21-9-3-4-10-21/h1-2,5-8,12,15,20,23H,3-4,9-11,13H2. The van der Waals surface area contributed by atoms with E-state index in [2.05, 4.69) is 10.3 Å². The van der Waals surface area contributed by atoms with E-state index in [1.54, 1.807) is 12.3 Å².